The molecule has 0 radical (unpaired) electrons. The van der Waals surface area contributed by atoms with Gasteiger partial charge >= 0.3 is 0 Å². The van der Waals surface area contributed by atoms with Gasteiger partial charge in [-0.2, -0.15) is 0 Å². The van der Waals surface area contributed by atoms with Gasteiger partial charge in [0.1, 0.15) is 0 Å². The molecule has 28 heavy (non-hydrogen) atoms. The molecular formula is C22H32N4OS. The van der Waals surface area contributed by atoms with Gasteiger partial charge in [-0.25, -0.2) is 4.98 Å². The molecule has 1 aliphatic rings. The molecule has 1 aliphatic heterocycles. The van der Waals surface area contributed by atoms with Crippen LogP contribution < -0.4 is 5.32 Å². The lowest BCUT2D eigenvalue weighted by Gasteiger charge is -2.21. The molecule has 1 atom stereocenters. The summed E-state index contributed by atoms with van der Waals surface area (Å²) in [4.78, 5) is 13.1. The first kappa shape index (κ1) is 20.8. The Kier molecular flexibility index (Phi) is 7.86. The molecular weight excluding hydrogens is 368 g/mol. The van der Waals surface area contributed by atoms with Crippen molar-refractivity contribution in [2.45, 2.75) is 40.2 Å². The molecule has 2 aromatic rings. The second kappa shape index (κ2) is 10.6. The number of aromatic nitrogens is 1. The molecule has 1 unspecified atom stereocenters. The van der Waals surface area contributed by atoms with E-state index in [1.807, 2.05) is 6.07 Å². The van der Waals surface area contributed by atoms with Gasteiger partial charge in [-0.1, -0.05) is 30.3 Å². The highest BCUT2D eigenvalue weighted by atomic mass is 32.1. The lowest BCUT2D eigenvalue weighted by Crippen LogP contribution is -2.40. The number of benzene rings is 1. The van der Waals surface area contributed by atoms with E-state index in [0.29, 0.717) is 12.5 Å². The van der Waals surface area contributed by atoms with Crippen molar-refractivity contribution in [2.75, 3.05) is 32.8 Å². The van der Waals surface area contributed by atoms with Crippen LogP contribution in [-0.2, 0) is 17.8 Å². The maximum Gasteiger partial charge on any atom is 0.193 e. The molecule has 1 fully saturated rings. The van der Waals surface area contributed by atoms with E-state index in [4.69, 9.17) is 9.73 Å². The molecule has 0 amide bonds. The zero-order valence-electron chi connectivity index (χ0n) is 17.3. The molecule has 2 heterocycles. The summed E-state index contributed by atoms with van der Waals surface area (Å²) in [6.07, 6.45) is 2.12. The monoisotopic (exact) mass is 400 g/mol. The first-order valence-corrected chi connectivity index (χ1v) is 11.0. The standard InChI is InChI=1S/C22H32N4OS/c1-4-23-22(24-12-10-21-17(2)25-18(3)28-21)26-13-11-20(14-26)16-27-15-19-8-6-5-7-9-19/h5-9,20H,4,10-16H2,1-3H3,(H,23,24). The number of likely N-dealkylation sites (tertiary alicyclic amines) is 1. The summed E-state index contributed by atoms with van der Waals surface area (Å²) in [5.74, 6) is 1.60. The van der Waals surface area contributed by atoms with E-state index in [1.54, 1.807) is 11.3 Å². The van der Waals surface area contributed by atoms with Gasteiger partial charge < -0.3 is 15.0 Å². The fraction of sp³-hybridized carbons (Fsp3) is 0.545. The molecule has 0 spiro atoms. The van der Waals surface area contributed by atoms with Crippen molar-refractivity contribution in [1.29, 1.82) is 0 Å². The summed E-state index contributed by atoms with van der Waals surface area (Å²) < 4.78 is 5.95. The number of guanidine groups is 1. The topological polar surface area (TPSA) is 49.8 Å². The normalized spacial score (nSPS) is 17.3. The van der Waals surface area contributed by atoms with Crippen molar-refractivity contribution < 1.29 is 4.74 Å². The van der Waals surface area contributed by atoms with E-state index >= 15 is 0 Å². The highest BCUT2D eigenvalue weighted by Gasteiger charge is 2.25. The average Bonchev–Trinajstić information content (AvgIpc) is 3.28. The van der Waals surface area contributed by atoms with Crippen molar-refractivity contribution in [3.05, 3.63) is 51.5 Å². The molecule has 0 saturated carbocycles. The Labute approximate surface area is 172 Å². The number of thiazole rings is 1. The fourth-order valence-corrected chi connectivity index (χ4v) is 4.50. The van der Waals surface area contributed by atoms with Crippen molar-refractivity contribution in [3.8, 4) is 0 Å². The number of rotatable bonds is 8. The third-order valence-electron chi connectivity index (χ3n) is 4.99. The van der Waals surface area contributed by atoms with Crippen molar-refractivity contribution in [3.63, 3.8) is 0 Å². The maximum atomic E-state index is 5.95. The molecule has 152 valence electrons. The second-order valence-electron chi connectivity index (χ2n) is 7.33. The predicted molar refractivity (Wildman–Crippen MR) is 117 cm³/mol. The smallest absolute Gasteiger partial charge is 0.193 e. The Morgan fingerprint density at radius 2 is 2.14 bits per heavy atom. The third kappa shape index (κ3) is 6.04. The maximum absolute atomic E-state index is 5.95. The first-order chi connectivity index (χ1) is 13.7. The Morgan fingerprint density at radius 1 is 1.32 bits per heavy atom. The van der Waals surface area contributed by atoms with Gasteiger partial charge in [0.25, 0.3) is 0 Å². The summed E-state index contributed by atoms with van der Waals surface area (Å²) in [6.45, 7) is 11.5. The van der Waals surface area contributed by atoms with Crippen molar-refractivity contribution in [1.82, 2.24) is 15.2 Å². The van der Waals surface area contributed by atoms with Crippen LogP contribution in [0.3, 0.4) is 0 Å². The van der Waals surface area contributed by atoms with Gasteiger partial charge in [0.15, 0.2) is 5.96 Å². The first-order valence-electron chi connectivity index (χ1n) is 10.2. The SMILES string of the molecule is CCNC(=NCCc1sc(C)nc1C)N1CCC(COCc2ccccc2)C1. The fourth-order valence-electron chi connectivity index (χ4n) is 3.57. The summed E-state index contributed by atoms with van der Waals surface area (Å²) in [7, 11) is 0. The highest BCUT2D eigenvalue weighted by Crippen LogP contribution is 2.19. The van der Waals surface area contributed by atoms with Gasteiger partial charge in [-0.05, 0) is 32.8 Å². The molecule has 1 aromatic heterocycles. The Balaban J connectivity index is 1.46. The number of aliphatic imine (C=N–C) groups is 1. The van der Waals surface area contributed by atoms with Crippen LogP contribution >= 0.6 is 11.3 Å². The van der Waals surface area contributed by atoms with Crippen LogP contribution in [0.15, 0.2) is 35.3 Å². The highest BCUT2D eigenvalue weighted by molar-refractivity contribution is 7.11. The molecule has 0 bridgehead atoms. The van der Waals surface area contributed by atoms with Gasteiger partial charge in [-0.15, -0.1) is 11.3 Å². The van der Waals surface area contributed by atoms with Crippen LogP contribution in [0, 0.1) is 19.8 Å². The number of hydrogen-bond donors (Lipinski definition) is 1. The van der Waals surface area contributed by atoms with Crippen molar-refractivity contribution in [2.24, 2.45) is 10.9 Å². The lowest BCUT2D eigenvalue weighted by atomic mass is 10.1. The zero-order chi connectivity index (χ0) is 19.8. The zero-order valence-corrected chi connectivity index (χ0v) is 18.1. The van der Waals surface area contributed by atoms with E-state index in [1.165, 1.54) is 10.4 Å². The van der Waals surface area contributed by atoms with Crippen LogP contribution in [0.5, 0.6) is 0 Å². The minimum Gasteiger partial charge on any atom is -0.376 e. The summed E-state index contributed by atoms with van der Waals surface area (Å²) in [5.41, 5.74) is 2.39. The molecule has 1 aromatic carbocycles. The van der Waals surface area contributed by atoms with E-state index in [0.717, 1.165) is 62.3 Å². The number of hydrogen-bond acceptors (Lipinski definition) is 4. The number of nitrogens with one attached hydrogen (secondary N) is 1. The van der Waals surface area contributed by atoms with Crippen LogP contribution in [0.1, 0.15) is 34.5 Å². The number of nitrogens with zero attached hydrogens (tertiary/aromatic N) is 3. The molecule has 1 N–H and O–H groups in total. The predicted octanol–water partition coefficient (Wildman–Crippen LogP) is 3.81. The minimum absolute atomic E-state index is 0.568. The van der Waals surface area contributed by atoms with E-state index in [-0.39, 0.29) is 0 Å². The summed E-state index contributed by atoms with van der Waals surface area (Å²) >= 11 is 1.79. The third-order valence-corrected chi connectivity index (χ3v) is 6.12. The molecule has 6 heteroatoms. The molecule has 1 saturated heterocycles. The quantitative estimate of drug-likeness (QED) is 0.541. The minimum atomic E-state index is 0.568. The molecule has 3 rings (SSSR count). The van der Waals surface area contributed by atoms with Crippen LogP contribution in [0.4, 0.5) is 0 Å². The van der Waals surface area contributed by atoms with Gasteiger partial charge in [-0.3, -0.25) is 4.99 Å². The number of ether oxygens (including phenoxy) is 1. The Bertz CT molecular complexity index is 759. The van der Waals surface area contributed by atoms with E-state index in [9.17, 15) is 0 Å². The molecule has 5 nitrogen and oxygen atoms in total. The molecule has 0 aliphatic carbocycles. The van der Waals surface area contributed by atoms with Crippen LogP contribution in [0.2, 0.25) is 0 Å². The van der Waals surface area contributed by atoms with Gasteiger partial charge in [0, 0.05) is 43.4 Å². The lowest BCUT2D eigenvalue weighted by molar-refractivity contribution is 0.0907. The Morgan fingerprint density at radius 3 is 2.86 bits per heavy atom. The summed E-state index contributed by atoms with van der Waals surface area (Å²) in [6, 6.07) is 10.4. The van der Waals surface area contributed by atoms with E-state index < -0.39 is 0 Å². The second-order valence-corrected chi connectivity index (χ2v) is 8.62. The average molecular weight is 401 g/mol. The number of aryl methyl sites for hydroxylation is 2. The largest absolute Gasteiger partial charge is 0.376 e. The van der Waals surface area contributed by atoms with Crippen LogP contribution in [0.25, 0.3) is 0 Å². The van der Waals surface area contributed by atoms with Gasteiger partial charge in [0.2, 0.25) is 0 Å². The van der Waals surface area contributed by atoms with Crippen molar-refractivity contribution >= 4 is 17.3 Å². The van der Waals surface area contributed by atoms with Gasteiger partial charge in [0.05, 0.1) is 23.9 Å². The summed E-state index contributed by atoms with van der Waals surface area (Å²) in [5, 5.41) is 4.60. The Hall–Kier alpha value is -1.92. The van der Waals surface area contributed by atoms with Crippen LogP contribution in [-0.4, -0.2) is 48.6 Å². The van der Waals surface area contributed by atoms with E-state index in [2.05, 4.69) is 60.2 Å².